The van der Waals surface area contributed by atoms with Gasteiger partial charge in [-0.1, -0.05) is 57.2 Å². The quantitative estimate of drug-likeness (QED) is 0.151. The number of carbonyl (C=O) groups is 1. The first kappa shape index (κ1) is 35.1. The number of aliphatic imine (C=N–C) groups is 1. The molecule has 2 N–H and O–H groups in total. The van der Waals surface area contributed by atoms with Crippen molar-refractivity contribution in [3.8, 4) is 0 Å². The molecule has 1 saturated carbocycles. The molecule has 220 valence electrons. The molecule has 1 aliphatic heterocycles. The number of amidine groups is 1. The van der Waals surface area contributed by atoms with Crippen molar-refractivity contribution < 1.29 is 13.9 Å². The van der Waals surface area contributed by atoms with Crippen LogP contribution in [0.4, 0.5) is 11.4 Å². The molecule has 2 aromatic carbocycles. The van der Waals surface area contributed by atoms with Crippen LogP contribution in [0, 0.1) is 18.8 Å². The smallest absolute Gasteiger partial charge is 0.200 e. The summed E-state index contributed by atoms with van der Waals surface area (Å²) in [5, 5.41) is 7.11. The van der Waals surface area contributed by atoms with Gasteiger partial charge in [0.1, 0.15) is 18.8 Å². The molecule has 3 unspecified atom stereocenters. The lowest BCUT2D eigenvalue weighted by molar-refractivity contribution is -0.0980. The van der Waals surface area contributed by atoms with Gasteiger partial charge in [-0.2, -0.15) is 0 Å². The number of anilines is 2. The van der Waals surface area contributed by atoms with Gasteiger partial charge in [-0.15, -0.1) is 13.2 Å². The second-order valence-corrected chi connectivity index (χ2v) is 13.4. The third-order valence-corrected chi connectivity index (χ3v) is 7.88. The molecule has 3 atom stereocenters. The summed E-state index contributed by atoms with van der Waals surface area (Å²) in [6.07, 6.45) is 5.89. The van der Waals surface area contributed by atoms with E-state index >= 15 is 0 Å². The van der Waals surface area contributed by atoms with Crippen LogP contribution in [0.25, 0.3) is 0 Å². The number of hydrogen-bond donors (Lipinski definition) is 2. The fourth-order valence-corrected chi connectivity index (χ4v) is 5.80. The van der Waals surface area contributed by atoms with Crippen LogP contribution < -0.4 is 10.6 Å². The highest BCUT2D eigenvalue weighted by Gasteiger charge is 2.32. The van der Waals surface area contributed by atoms with Gasteiger partial charge in [0, 0.05) is 24.2 Å². The molecule has 0 bridgehead atoms. The molecule has 2 aliphatic rings. The third kappa shape index (κ3) is 12.1. The summed E-state index contributed by atoms with van der Waals surface area (Å²) < 4.78 is 18.0. The fourth-order valence-electron chi connectivity index (χ4n) is 4.23. The van der Waals surface area contributed by atoms with Crippen molar-refractivity contribution in [1.82, 2.24) is 0 Å². The molecule has 2 aromatic rings. The number of carbonyl (C=O) groups excluding carboxylic acids is 1. The van der Waals surface area contributed by atoms with Crippen molar-refractivity contribution in [3.63, 3.8) is 0 Å². The first-order valence-corrected chi connectivity index (χ1v) is 16.3. The second kappa shape index (κ2) is 17.7. The molecule has 6 nitrogen and oxygen atoms in total. The maximum absolute atomic E-state index is 12.2. The van der Waals surface area contributed by atoms with Gasteiger partial charge < -0.3 is 20.0 Å². The SMILES string of the molecule is C/C=C(\C(=N/C(C)Nc1cccc(C2CCP(C)(=O)O2)c1)Nc1ccccc1C)C1CC1.C=C.C=O.CC(C)C. The van der Waals surface area contributed by atoms with E-state index in [0.29, 0.717) is 12.1 Å². The minimum absolute atomic E-state index is 0.0887. The van der Waals surface area contributed by atoms with Crippen molar-refractivity contribution in [2.24, 2.45) is 16.8 Å². The minimum atomic E-state index is -2.44. The van der Waals surface area contributed by atoms with E-state index in [2.05, 4.69) is 95.7 Å². The van der Waals surface area contributed by atoms with Gasteiger partial charge in [0.05, 0.1) is 6.10 Å². The number of aryl methyl sites for hydroxylation is 1. The van der Waals surface area contributed by atoms with Crippen molar-refractivity contribution in [2.45, 2.75) is 73.1 Å². The van der Waals surface area contributed by atoms with Crippen LogP contribution in [0.1, 0.15) is 71.1 Å². The molecule has 40 heavy (non-hydrogen) atoms. The molecule has 0 amide bonds. The minimum Gasteiger partial charge on any atom is -0.364 e. The number of para-hydroxylation sites is 1. The number of benzene rings is 2. The van der Waals surface area contributed by atoms with E-state index in [-0.39, 0.29) is 12.3 Å². The molecule has 0 spiro atoms. The van der Waals surface area contributed by atoms with Crippen LogP contribution >= 0.6 is 7.37 Å². The Bertz CT molecular complexity index is 1150. The Balaban J connectivity index is 0.000000902. The van der Waals surface area contributed by atoms with Crippen molar-refractivity contribution >= 4 is 31.4 Å². The molecular weight excluding hydrogens is 517 g/mol. The van der Waals surface area contributed by atoms with Gasteiger partial charge in [0.2, 0.25) is 7.37 Å². The molecule has 2 fully saturated rings. The van der Waals surface area contributed by atoms with E-state index in [1.165, 1.54) is 24.0 Å². The summed E-state index contributed by atoms with van der Waals surface area (Å²) in [5.41, 5.74) is 5.63. The number of rotatable bonds is 7. The van der Waals surface area contributed by atoms with Crippen LogP contribution in [0.2, 0.25) is 0 Å². The van der Waals surface area contributed by atoms with Gasteiger partial charge in [-0.25, -0.2) is 4.99 Å². The predicted octanol–water partition coefficient (Wildman–Crippen LogP) is 9.27. The van der Waals surface area contributed by atoms with Crippen LogP contribution in [0.15, 0.2) is 78.3 Å². The molecule has 0 aromatic heterocycles. The number of hydrogen-bond acceptors (Lipinski definition) is 5. The average molecular weight is 568 g/mol. The first-order valence-electron chi connectivity index (χ1n) is 14.0. The van der Waals surface area contributed by atoms with Gasteiger partial charge >= 0.3 is 0 Å². The number of allylic oxidation sites excluding steroid dienone is 1. The molecule has 7 heteroatoms. The Kier molecular flexibility index (Phi) is 15.5. The van der Waals surface area contributed by atoms with E-state index in [0.717, 1.165) is 35.1 Å². The van der Waals surface area contributed by atoms with Crippen molar-refractivity contribution in [1.29, 1.82) is 0 Å². The van der Waals surface area contributed by atoms with E-state index in [9.17, 15) is 4.57 Å². The summed E-state index contributed by atoms with van der Waals surface area (Å²) in [6, 6.07) is 16.5. The second-order valence-electron chi connectivity index (χ2n) is 10.7. The van der Waals surface area contributed by atoms with E-state index in [4.69, 9.17) is 14.3 Å². The molecule has 1 aliphatic carbocycles. The normalized spacial score (nSPS) is 21.1. The van der Waals surface area contributed by atoms with Crippen LogP contribution in [0.5, 0.6) is 0 Å². The molecule has 0 radical (unpaired) electrons. The largest absolute Gasteiger partial charge is 0.364 e. The summed E-state index contributed by atoms with van der Waals surface area (Å²) in [7, 11) is -2.44. The number of nitrogens with zero attached hydrogens (tertiary/aromatic N) is 1. The Labute approximate surface area is 242 Å². The van der Waals surface area contributed by atoms with Crippen LogP contribution in [0.3, 0.4) is 0 Å². The Morgan fingerprint density at radius 1 is 1.05 bits per heavy atom. The Morgan fingerprint density at radius 3 is 2.20 bits per heavy atom. The standard InChI is InChI=1S/C26H34N3O2P.C4H10.C2H4.CH2O/c1-5-23(20-13-14-20)26(29-24-12-7-6-9-18(24)2)28-19(3)27-22-11-8-10-21(17-22)25-15-16-32(4,30)31-25;1-4(2)3;2*1-2/h5-12,17,19-20,25,27H,13-16H2,1-4H3,(H,28,29);4H,1-3H3;1-2H2;1H2/b23-5-;;;. The highest BCUT2D eigenvalue weighted by molar-refractivity contribution is 7.58. The Morgan fingerprint density at radius 2 is 1.68 bits per heavy atom. The molecule has 1 heterocycles. The van der Waals surface area contributed by atoms with E-state index in [1.54, 1.807) is 6.66 Å². The van der Waals surface area contributed by atoms with Gasteiger partial charge in [-0.3, -0.25) is 4.57 Å². The van der Waals surface area contributed by atoms with Crippen molar-refractivity contribution in [2.75, 3.05) is 23.5 Å². The maximum Gasteiger partial charge on any atom is 0.200 e. The fraction of sp³-hybridized carbons (Fsp3) is 0.455. The molecular formula is C33H50N3O3P. The van der Waals surface area contributed by atoms with Gasteiger partial charge in [0.25, 0.3) is 0 Å². The lowest BCUT2D eigenvalue weighted by atomic mass is 10.1. The Hall–Kier alpha value is -2.95. The van der Waals surface area contributed by atoms with Gasteiger partial charge in [-0.05, 0) is 86.8 Å². The van der Waals surface area contributed by atoms with Crippen molar-refractivity contribution in [3.05, 3.63) is 84.5 Å². The average Bonchev–Trinajstić information content (AvgIpc) is 3.69. The van der Waals surface area contributed by atoms with Gasteiger partial charge in [0.15, 0.2) is 0 Å². The zero-order chi connectivity index (χ0) is 30.3. The highest BCUT2D eigenvalue weighted by atomic mass is 31.2. The first-order chi connectivity index (χ1) is 19.1. The van der Waals surface area contributed by atoms with Crippen LogP contribution in [-0.4, -0.2) is 31.6 Å². The van der Waals surface area contributed by atoms with Crippen LogP contribution in [-0.2, 0) is 13.9 Å². The highest BCUT2D eigenvalue weighted by Crippen LogP contribution is 2.55. The topological polar surface area (TPSA) is 79.8 Å². The monoisotopic (exact) mass is 567 g/mol. The zero-order valence-corrected chi connectivity index (χ0v) is 26.5. The van der Waals surface area contributed by atoms with E-state index in [1.807, 2.05) is 31.1 Å². The summed E-state index contributed by atoms with van der Waals surface area (Å²) in [4.78, 5) is 13.0. The predicted molar refractivity (Wildman–Crippen MR) is 174 cm³/mol. The molecule has 1 saturated heterocycles. The van der Waals surface area contributed by atoms with E-state index < -0.39 is 7.37 Å². The lowest BCUT2D eigenvalue weighted by Crippen LogP contribution is -2.23. The lowest BCUT2D eigenvalue weighted by Gasteiger charge is -2.19. The molecule has 4 rings (SSSR count). The summed E-state index contributed by atoms with van der Waals surface area (Å²) in [5.74, 6) is 2.36. The number of nitrogens with one attached hydrogen (secondary N) is 2. The summed E-state index contributed by atoms with van der Waals surface area (Å²) in [6.45, 7) is 22.5. The maximum atomic E-state index is 12.2. The zero-order valence-electron chi connectivity index (χ0n) is 25.6. The third-order valence-electron chi connectivity index (χ3n) is 6.10. The summed E-state index contributed by atoms with van der Waals surface area (Å²) >= 11 is 0.